The van der Waals surface area contributed by atoms with Crippen LogP contribution in [-0.2, 0) is 19.1 Å². The van der Waals surface area contributed by atoms with Crippen molar-refractivity contribution in [3.63, 3.8) is 0 Å². The van der Waals surface area contributed by atoms with Crippen molar-refractivity contribution >= 4 is 28.4 Å². The number of phenolic OH excluding ortho intramolecular Hbond substituents is 2. The van der Waals surface area contributed by atoms with E-state index in [1.165, 1.54) is 23.5 Å². The first-order valence-corrected chi connectivity index (χ1v) is 13.2. The molecule has 4 N–H and O–H groups in total. The number of hydrogen-bond acceptors (Lipinski definition) is 10. The smallest absolute Gasteiger partial charge is 0.336 e. The third kappa shape index (κ3) is 5.31. The molecule has 0 aliphatic carbocycles. The van der Waals surface area contributed by atoms with E-state index in [0.29, 0.717) is 27.7 Å². The van der Waals surface area contributed by atoms with Crippen LogP contribution in [-0.4, -0.2) is 46.0 Å². The molecule has 0 saturated heterocycles. The fourth-order valence-electron chi connectivity index (χ4n) is 4.86. The van der Waals surface area contributed by atoms with Crippen molar-refractivity contribution in [3.8, 4) is 22.8 Å². The van der Waals surface area contributed by atoms with E-state index in [0.717, 1.165) is 5.56 Å². The molecule has 0 bridgehead atoms. The van der Waals surface area contributed by atoms with Gasteiger partial charge in [-0.2, -0.15) is 0 Å². The van der Waals surface area contributed by atoms with Crippen molar-refractivity contribution in [2.24, 2.45) is 5.92 Å². The second-order valence-electron chi connectivity index (χ2n) is 9.07. The molecule has 3 aromatic rings. The zero-order valence-electron chi connectivity index (χ0n) is 21.6. The number of rotatable bonds is 8. The summed E-state index contributed by atoms with van der Waals surface area (Å²) in [6.07, 6.45) is 0. The van der Waals surface area contributed by atoms with Crippen molar-refractivity contribution < 1.29 is 29.3 Å². The summed E-state index contributed by atoms with van der Waals surface area (Å²) in [4.78, 5) is 31.4. The second-order valence-corrected chi connectivity index (χ2v) is 9.93. The molecule has 1 aromatic heterocycles. The van der Waals surface area contributed by atoms with Gasteiger partial charge in [0.1, 0.15) is 11.6 Å². The SMILES string of the molecule is CCOC(=O)C1=C(C)NC(C)(Nc2nc(-c3ccc(O)c(O)c3)cs2)C(C(=O)OCC)C1c1ccccc1. The molecule has 9 nitrogen and oxygen atoms in total. The first-order valence-electron chi connectivity index (χ1n) is 12.3. The Hall–Kier alpha value is -4.05. The van der Waals surface area contributed by atoms with Gasteiger partial charge >= 0.3 is 11.9 Å². The molecule has 0 radical (unpaired) electrons. The van der Waals surface area contributed by atoms with Crippen LogP contribution in [0.25, 0.3) is 11.3 Å². The molecule has 200 valence electrons. The van der Waals surface area contributed by atoms with Crippen molar-refractivity contribution in [2.75, 3.05) is 18.5 Å². The number of aromatic nitrogens is 1. The summed E-state index contributed by atoms with van der Waals surface area (Å²) >= 11 is 1.32. The van der Waals surface area contributed by atoms with Crippen molar-refractivity contribution in [1.82, 2.24) is 10.3 Å². The number of benzene rings is 2. The van der Waals surface area contributed by atoms with Gasteiger partial charge in [-0.05, 0) is 51.5 Å². The highest BCUT2D eigenvalue weighted by molar-refractivity contribution is 7.14. The first kappa shape index (κ1) is 27.0. The van der Waals surface area contributed by atoms with Gasteiger partial charge in [-0.15, -0.1) is 11.3 Å². The van der Waals surface area contributed by atoms with Gasteiger partial charge < -0.3 is 30.3 Å². The summed E-state index contributed by atoms with van der Waals surface area (Å²) in [7, 11) is 0. The number of phenols is 2. The average molecular weight is 538 g/mol. The minimum Gasteiger partial charge on any atom is -0.504 e. The van der Waals surface area contributed by atoms with E-state index in [1.54, 1.807) is 32.2 Å². The molecule has 0 fully saturated rings. The van der Waals surface area contributed by atoms with Gasteiger partial charge in [-0.25, -0.2) is 9.78 Å². The maximum Gasteiger partial charge on any atom is 0.336 e. The molecule has 3 unspecified atom stereocenters. The second kappa shape index (κ2) is 11.1. The van der Waals surface area contributed by atoms with Crippen molar-refractivity contribution in [2.45, 2.75) is 39.3 Å². The zero-order chi connectivity index (χ0) is 27.4. The molecule has 0 amide bonds. The number of hydrogen-bond donors (Lipinski definition) is 4. The number of nitrogens with one attached hydrogen (secondary N) is 2. The Morgan fingerprint density at radius 2 is 1.79 bits per heavy atom. The Kier molecular flexibility index (Phi) is 7.91. The summed E-state index contributed by atoms with van der Waals surface area (Å²) in [6.45, 7) is 7.48. The first-order chi connectivity index (χ1) is 18.2. The summed E-state index contributed by atoms with van der Waals surface area (Å²) < 4.78 is 10.9. The summed E-state index contributed by atoms with van der Waals surface area (Å²) in [6, 6.07) is 13.8. The van der Waals surface area contributed by atoms with E-state index in [4.69, 9.17) is 9.47 Å². The third-order valence-electron chi connectivity index (χ3n) is 6.45. The maximum absolute atomic E-state index is 13.6. The van der Waals surface area contributed by atoms with E-state index < -0.39 is 29.4 Å². The fourth-order valence-corrected chi connectivity index (χ4v) is 5.69. The van der Waals surface area contributed by atoms with Crippen LogP contribution in [0.3, 0.4) is 0 Å². The van der Waals surface area contributed by atoms with Crippen LogP contribution in [0.1, 0.15) is 39.2 Å². The number of aromatic hydroxyl groups is 2. The molecule has 3 atom stereocenters. The zero-order valence-corrected chi connectivity index (χ0v) is 22.5. The molecule has 0 spiro atoms. The van der Waals surface area contributed by atoms with Crippen LogP contribution >= 0.6 is 11.3 Å². The molecular formula is C28H31N3O6S. The fraction of sp³-hybridized carbons (Fsp3) is 0.321. The van der Waals surface area contributed by atoms with Gasteiger partial charge in [0.05, 0.1) is 24.5 Å². The van der Waals surface area contributed by atoms with Gasteiger partial charge in [-0.1, -0.05) is 30.3 Å². The maximum atomic E-state index is 13.6. The minimum atomic E-state index is -1.10. The van der Waals surface area contributed by atoms with Crippen LogP contribution in [0.5, 0.6) is 11.5 Å². The van der Waals surface area contributed by atoms with E-state index in [1.807, 2.05) is 37.3 Å². The van der Waals surface area contributed by atoms with Crippen LogP contribution in [0.4, 0.5) is 5.13 Å². The van der Waals surface area contributed by atoms with Gasteiger partial charge in [0.15, 0.2) is 16.6 Å². The van der Waals surface area contributed by atoms with E-state index in [-0.39, 0.29) is 24.7 Å². The number of esters is 2. The predicted molar refractivity (Wildman–Crippen MR) is 145 cm³/mol. The summed E-state index contributed by atoms with van der Waals surface area (Å²) in [5, 5.41) is 28.6. The molecular weight excluding hydrogens is 506 g/mol. The molecule has 1 aliphatic rings. The largest absolute Gasteiger partial charge is 0.504 e. The summed E-state index contributed by atoms with van der Waals surface area (Å²) in [5.74, 6) is -2.94. The van der Waals surface area contributed by atoms with Crippen molar-refractivity contribution in [1.29, 1.82) is 0 Å². The Morgan fingerprint density at radius 1 is 1.08 bits per heavy atom. The van der Waals surface area contributed by atoms with Gasteiger partial charge in [0.25, 0.3) is 0 Å². The van der Waals surface area contributed by atoms with Crippen LogP contribution in [0, 0.1) is 5.92 Å². The number of nitrogens with zero attached hydrogens (tertiary/aromatic N) is 1. The quantitative estimate of drug-likeness (QED) is 0.237. The number of anilines is 1. The predicted octanol–water partition coefficient (Wildman–Crippen LogP) is 4.75. The Labute approximate surface area is 225 Å². The standard InChI is InChI=1S/C28H31N3O6S/c1-5-36-25(34)22-16(3)30-28(4,24(26(35)37-6-2)23(22)17-10-8-7-9-11-17)31-27-29-19(15-38-27)18-12-13-20(32)21(33)14-18/h7-15,23-24,30,32-33H,5-6H2,1-4H3,(H,29,31). The Morgan fingerprint density at radius 3 is 2.45 bits per heavy atom. The number of ether oxygens (including phenoxy) is 2. The van der Waals surface area contributed by atoms with Crippen LogP contribution < -0.4 is 10.6 Å². The molecule has 0 saturated carbocycles. The normalized spacial score (nSPS) is 20.9. The van der Waals surface area contributed by atoms with E-state index in [2.05, 4.69) is 15.6 Å². The van der Waals surface area contributed by atoms with Crippen LogP contribution in [0.2, 0.25) is 0 Å². The lowest BCUT2D eigenvalue weighted by molar-refractivity contribution is -0.152. The molecule has 1 aliphatic heterocycles. The molecule has 2 aromatic carbocycles. The van der Waals surface area contributed by atoms with Gasteiger partial charge in [0.2, 0.25) is 0 Å². The lowest BCUT2D eigenvalue weighted by Gasteiger charge is -2.46. The Bertz CT molecular complexity index is 1360. The van der Waals surface area contributed by atoms with E-state index >= 15 is 0 Å². The lowest BCUT2D eigenvalue weighted by Crippen LogP contribution is -2.62. The highest BCUT2D eigenvalue weighted by atomic mass is 32.1. The highest BCUT2D eigenvalue weighted by Gasteiger charge is 2.52. The minimum absolute atomic E-state index is 0.177. The number of thiazole rings is 1. The molecule has 2 heterocycles. The summed E-state index contributed by atoms with van der Waals surface area (Å²) in [5.41, 5.74) is 1.83. The Balaban J connectivity index is 1.79. The highest BCUT2D eigenvalue weighted by Crippen LogP contribution is 2.45. The van der Waals surface area contributed by atoms with E-state index in [9.17, 15) is 19.8 Å². The topological polar surface area (TPSA) is 130 Å². The molecule has 4 rings (SSSR count). The van der Waals surface area contributed by atoms with Gasteiger partial charge in [-0.3, -0.25) is 4.79 Å². The molecule has 38 heavy (non-hydrogen) atoms. The molecule has 10 heteroatoms. The lowest BCUT2D eigenvalue weighted by atomic mass is 9.71. The third-order valence-corrected chi connectivity index (χ3v) is 7.21. The monoisotopic (exact) mass is 537 g/mol. The number of carbonyl (C=O) groups is 2. The van der Waals surface area contributed by atoms with Crippen molar-refractivity contribution in [3.05, 3.63) is 70.7 Å². The van der Waals surface area contributed by atoms with Crippen LogP contribution in [0.15, 0.2) is 65.2 Å². The van der Waals surface area contributed by atoms with Gasteiger partial charge in [0, 0.05) is 22.6 Å². The number of carbonyl (C=O) groups excluding carboxylic acids is 2. The number of allylic oxidation sites excluding steroid dienone is 1. The average Bonchev–Trinajstić information content (AvgIpc) is 3.33.